The Bertz CT molecular complexity index is 362. The lowest BCUT2D eigenvalue weighted by Crippen LogP contribution is -2.42. The number of carbonyl (C=O) groups is 1. The molecule has 1 aromatic carbocycles. The van der Waals surface area contributed by atoms with Crippen LogP contribution in [0.2, 0.25) is 0 Å². The zero-order valence-corrected chi connectivity index (χ0v) is 8.79. The molecule has 0 aromatic heterocycles. The summed E-state index contributed by atoms with van der Waals surface area (Å²) in [5.41, 5.74) is 1.57. The van der Waals surface area contributed by atoms with Gasteiger partial charge in [-0.25, -0.2) is 0 Å². The van der Waals surface area contributed by atoms with E-state index in [0.717, 1.165) is 0 Å². The van der Waals surface area contributed by atoms with Gasteiger partial charge in [0.05, 0.1) is 5.60 Å². The lowest BCUT2D eigenvalue weighted by Gasteiger charge is -2.22. The highest BCUT2D eigenvalue weighted by atomic mass is 16.3. The van der Waals surface area contributed by atoms with E-state index in [1.807, 2.05) is 24.3 Å². The molecule has 0 radical (unpaired) electrons. The van der Waals surface area contributed by atoms with Crippen LogP contribution in [-0.4, -0.2) is 23.2 Å². The van der Waals surface area contributed by atoms with Crippen molar-refractivity contribution in [2.24, 2.45) is 0 Å². The molecule has 0 fully saturated rings. The first-order valence-corrected chi connectivity index (χ1v) is 5.13. The maximum Gasteiger partial charge on any atom is 0.216 e. The van der Waals surface area contributed by atoms with Gasteiger partial charge in [-0.3, -0.25) is 4.79 Å². The molecule has 3 nitrogen and oxygen atoms in total. The fourth-order valence-corrected chi connectivity index (χ4v) is 2.09. The Kier molecular flexibility index (Phi) is 2.49. The molecule has 0 unspecified atom stereocenters. The second-order valence-electron chi connectivity index (χ2n) is 4.26. The number of rotatable bonds is 2. The van der Waals surface area contributed by atoms with Crippen LogP contribution in [0.4, 0.5) is 0 Å². The second-order valence-corrected chi connectivity index (χ2v) is 4.26. The first-order chi connectivity index (χ1) is 7.09. The molecule has 0 aliphatic heterocycles. The van der Waals surface area contributed by atoms with Gasteiger partial charge in [0.2, 0.25) is 5.91 Å². The van der Waals surface area contributed by atoms with Gasteiger partial charge in [-0.05, 0) is 11.1 Å². The fourth-order valence-electron chi connectivity index (χ4n) is 2.09. The Morgan fingerprint density at radius 3 is 2.40 bits per heavy atom. The summed E-state index contributed by atoms with van der Waals surface area (Å²) in [4.78, 5) is 10.8. The number of amides is 1. The molecule has 2 rings (SSSR count). The summed E-state index contributed by atoms with van der Waals surface area (Å²) in [5.74, 6) is -0.0978. The van der Waals surface area contributed by atoms with E-state index in [9.17, 15) is 9.90 Å². The van der Waals surface area contributed by atoms with Crippen molar-refractivity contribution in [3.05, 3.63) is 35.4 Å². The van der Waals surface area contributed by atoms with Gasteiger partial charge in [0.25, 0.3) is 0 Å². The van der Waals surface area contributed by atoms with Crippen molar-refractivity contribution in [1.29, 1.82) is 0 Å². The summed E-state index contributed by atoms with van der Waals surface area (Å²) in [6, 6.07) is 8.01. The molecule has 1 aromatic rings. The molecule has 80 valence electrons. The first-order valence-electron chi connectivity index (χ1n) is 5.13. The van der Waals surface area contributed by atoms with Crippen molar-refractivity contribution in [2.45, 2.75) is 25.4 Å². The van der Waals surface area contributed by atoms with Crippen molar-refractivity contribution in [3.63, 3.8) is 0 Å². The predicted octanol–water partition coefficient (Wildman–Crippen LogP) is 0.652. The summed E-state index contributed by atoms with van der Waals surface area (Å²) < 4.78 is 0. The van der Waals surface area contributed by atoms with Crippen LogP contribution in [0.5, 0.6) is 0 Å². The van der Waals surface area contributed by atoms with Crippen LogP contribution in [0.1, 0.15) is 18.1 Å². The smallest absolute Gasteiger partial charge is 0.216 e. The number of benzene rings is 1. The van der Waals surface area contributed by atoms with Crippen LogP contribution in [0.25, 0.3) is 0 Å². The largest absolute Gasteiger partial charge is 0.387 e. The van der Waals surface area contributed by atoms with Crippen molar-refractivity contribution >= 4 is 5.91 Å². The van der Waals surface area contributed by atoms with Crippen LogP contribution in [0.3, 0.4) is 0 Å². The van der Waals surface area contributed by atoms with Crippen molar-refractivity contribution in [3.8, 4) is 0 Å². The zero-order valence-electron chi connectivity index (χ0n) is 8.79. The highest BCUT2D eigenvalue weighted by Gasteiger charge is 2.34. The van der Waals surface area contributed by atoms with Gasteiger partial charge in [-0.1, -0.05) is 24.3 Å². The minimum absolute atomic E-state index is 0.0978. The summed E-state index contributed by atoms with van der Waals surface area (Å²) in [5, 5.41) is 12.9. The second kappa shape index (κ2) is 3.66. The summed E-state index contributed by atoms with van der Waals surface area (Å²) in [7, 11) is 0. The van der Waals surface area contributed by atoms with Crippen LogP contribution < -0.4 is 5.32 Å². The third-order valence-corrected chi connectivity index (χ3v) is 2.82. The van der Waals surface area contributed by atoms with Crippen molar-refractivity contribution in [1.82, 2.24) is 5.32 Å². The molecule has 0 heterocycles. The normalized spacial score (nSPS) is 17.2. The number of carbonyl (C=O) groups excluding carboxylic acids is 1. The molecule has 2 N–H and O–H groups in total. The average Bonchev–Trinajstić information content (AvgIpc) is 2.52. The highest BCUT2D eigenvalue weighted by Crippen LogP contribution is 2.29. The van der Waals surface area contributed by atoms with E-state index in [-0.39, 0.29) is 5.91 Å². The van der Waals surface area contributed by atoms with Gasteiger partial charge in [0.15, 0.2) is 0 Å². The molecule has 1 amide bonds. The molecule has 0 bridgehead atoms. The molecular formula is C12H15NO2. The van der Waals surface area contributed by atoms with Crippen molar-refractivity contribution in [2.75, 3.05) is 6.54 Å². The van der Waals surface area contributed by atoms with E-state index in [1.165, 1.54) is 18.1 Å². The minimum Gasteiger partial charge on any atom is -0.387 e. The first kappa shape index (κ1) is 10.2. The molecule has 3 heteroatoms. The lowest BCUT2D eigenvalue weighted by molar-refractivity contribution is -0.120. The molecule has 1 aliphatic carbocycles. The molecule has 15 heavy (non-hydrogen) atoms. The number of hydrogen-bond donors (Lipinski definition) is 2. The van der Waals surface area contributed by atoms with Gasteiger partial charge in [-0.2, -0.15) is 0 Å². The third-order valence-electron chi connectivity index (χ3n) is 2.82. The lowest BCUT2D eigenvalue weighted by atomic mass is 10.0. The quantitative estimate of drug-likeness (QED) is 0.745. The standard InChI is InChI=1S/C12H15NO2/c1-9(14)13-8-12(15)6-10-4-2-3-5-11(10)7-12/h2-5,15H,6-8H2,1H3,(H,13,14). The molecule has 0 atom stereocenters. The van der Waals surface area contributed by atoms with Gasteiger partial charge < -0.3 is 10.4 Å². The Labute approximate surface area is 89.1 Å². The Morgan fingerprint density at radius 1 is 1.40 bits per heavy atom. The van der Waals surface area contributed by atoms with Crippen LogP contribution in [-0.2, 0) is 17.6 Å². The zero-order chi connectivity index (χ0) is 10.9. The van der Waals surface area contributed by atoms with E-state index in [0.29, 0.717) is 19.4 Å². The van der Waals surface area contributed by atoms with Crippen LogP contribution in [0, 0.1) is 0 Å². The maximum atomic E-state index is 10.8. The minimum atomic E-state index is -0.796. The van der Waals surface area contributed by atoms with E-state index in [2.05, 4.69) is 5.32 Å². The topological polar surface area (TPSA) is 49.3 Å². The third kappa shape index (κ3) is 2.18. The number of fused-ring (bicyclic) bond motifs is 1. The Hall–Kier alpha value is -1.35. The van der Waals surface area contributed by atoms with Crippen molar-refractivity contribution < 1.29 is 9.90 Å². The number of nitrogens with one attached hydrogen (secondary N) is 1. The van der Waals surface area contributed by atoms with Crippen LogP contribution in [0.15, 0.2) is 24.3 Å². The van der Waals surface area contributed by atoms with E-state index in [4.69, 9.17) is 0 Å². The number of hydrogen-bond acceptors (Lipinski definition) is 2. The maximum absolute atomic E-state index is 10.8. The van der Waals surface area contributed by atoms with E-state index in [1.54, 1.807) is 0 Å². The molecule has 0 saturated carbocycles. The highest BCUT2D eigenvalue weighted by molar-refractivity contribution is 5.72. The SMILES string of the molecule is CC(=O)NCC1(O)Cc2ccccc2C1. The van der Waals surface area contributed by atoms with Crippen LogP contribution >= 0.6 is 0 Å². The van der Waals surface area contributed by atoms with Gasteiger partial charge in [0, 0.05) is 26.3 Å². The van der Waals surface area contributed by atoms with Gasteiger partial charge in [0.1, 0.15) is 0 Å². The molecule has 1 aliphatic rings. The Morgan fingerprint density at radius 2 is 1.93 bits per heavy atom. The Balaban J connectivity index is 2.07. The van der Waals surface area contributed by atoms with Gasteiger partial charge >= 0.3 is 0 Å². The van der Waals surface area contributed by atoms with E-state index < -0.39 is 5.60 Å². The monoisotopic (exact) mass is 205 g/mol. The molecule has 0 saturated heterocycles. The molecule has 0 spiro atoms. The fraction of sp³-hybridized carbons (Fsp3) is 0.417. The predicted molar refractivity (Wildman–Crippen MR) is 57.5 cm³/mol. The summed E-state index contributed by atoms with van der Waals surface area (Å²) >= 11 is 0. The van der Waals surface area contributed by atoms with E-state index >= 15 is 0 Å². The molecular weight excluding hydrogens is 190 g/mol. The summed E-state index contributed by atoms with van der Waals surface area (Å²) in [6.07, 6.45) is 1.26. The van der Waals surface area contributed by atoms with Gasteiger partial charge in [-0.15, -0.1) is 0 Å². The average molecular weight is 205 g/mol. The number of aliphatic hydroxyl groups is 1. The summed E-state index contributed by atoms with van der Waals surface area (Å²) in [6.45, 7) is 1.79.